The van der Waals surface area contributed by atoms with E-state index in [4.69, 9.17) is 23.6 Å². The minimum absolute atomic E-state index is 0.264. The summed E-state index contributed by atoms with van der Waals surface area (Å²) in [5.74, 6) is 0.852. The van der Waals surface area contributed by atoms with Crippen molar-refractivity contribution in [1.29, 1.82) is 0 Å². The van der Waals surface area contributed by atoms with E-state index in [9.17, 15) is 9.59 Å². The predicted molar refractivity (Wildman–Crippen MR) is 128 cm³/mol. The van der Waals surface area contributed by atoms with E-state index in [1.165, 1.54) is 12.1 Å². The van der Waals surface area contributed by atoms with Gasteiger partial charge in [0.15, 0.2) is 11.5 Å². The first-order valence-electron chi connectivity index (χ1n) is 10.4. The summed E-state index contributed by atoms with van der Waals surface area (Å²) in [5.41, 5.74) is 2.19. The zero-order chi connectivity index (χ0) is 23.7. The molecule has 0 radical (unpaired) electrons. The molecule has 0 atom stereocenters. The monoisotopic (exact) mass is 453 g/mol. The van der Waals surface area contributed by atoms with Gasteiger partial charge in [-0.25, -0.2) is 14.6 Å². The second kappa shape index (κ2) is 8.71. The lowest BCUT2D eigenvalue weighted by atomic mass is 10.0. The minimum atomic E-state index is -0.557. The summed E-state index contributed by atoms with van der Waals surface area (Å²) < 4.78 is 21.6. The number of pyridine rings is 1. The minimum Gasteiger partial charge on any atom is -0.493 e. The molecule has 5 aromatic rings. The van der Waals surface area contributed by atoms with Crippen LogP contribution in [0.2, 0.25) is 0 Å². The number of ether oxygens (including phenoxy) is 3. The first-order valence-corrected chi connectivity index (χ1v) is 10.4. The number of benzene rings is 3. The van der Waals surface area contributed by atoms with E-state index in [0.717, 1.165) is 10.9 Å². The van der Waals surface area contributed by atoms with Crippen molar-refractivity contribution in [3.8, 4) is 28.5 Å². The largest absolute Gasteiger partial charge is 0.493 e. The van der Waals surface area contributed by atoms with E-state index in [-0.39, 0.29) is 5.75 Å². The summed E-state index contributed by atoms with van der Waals surface area (Å²) in [6, 6.07) is 22.3. The van der Waals surface area contributed by atoms with Crippen molar-refractivity contribution < 1.29 is 23.4 Å². The topological polar surface area (TPSA) is 87.9 Å². The van der Waals surface area contributed by atoms with Crippen LogP contribution >= 0.6 is 0 Å². The van der Waals surface area contributed by atoms with E-state index in [1.54, 1.807) is 50.6 Å². The Labute approximate surface area is 194 Å². The number of carbonyl (C=O) groups is 1. The predicted octanol–water partition coefficient (Wildman–Crippen LogP) is 5.24. The highest BCUT2D eigenvalue weighted by molar-refractivity contribution is 6.05. The normalized spacial score (nSPS) is 10.9. The van der Waals surface area contributed by atoms with Gasteiger partial charge >= 0.3 is 11.6 Å². The Bertz CT molecular complexity index is 1600. The summed E-state index contributed by atoms with van der Waals surface area (Å²) in [7, 11) is 3.13. The van der Waals surface area contributed by atoms with Crippen molar-refractivity contribution in [2.45, 2.75) is 0 Å². The molecular weight excluding hydrogens is 434 g/mol. The zero-order valence-electron chi connectivity index (χ0n) is 18.4. The molecule has 7 heteroatoms. The van der Waals surface area contributed by atoms with Crippen molar-refractivity contribution in [3.05, 3.63) is 94.8 Å². The van der Waals surface area contributed by atoms with Crippen LogP contribution in [0.5, 0.6) is 17.2 Å². The molecule has 0 amide bonds. The first-order chi connectivity index (χ1) is 16.6. The highest BCUT2D eigenvalue weighted by atomic mass is 16.5. The fraction of sp³-hybridized carbons (Fsp3) is 0.0741. The molecule has 34 heavy (non-hydrogen) atoms. The number of aromatic nitrogens is 1. The molecule has 0 saturated heterocycles. The van der Waals surface area contributed by atoms with Crippen molar-refractivity contribution in [2.75, 3.05) is 14.2 Å². The Hall–Kier alpha value is -4.65. The third-order valence-electron chi connectivity index (χ3n) is 5.42. The number of carbonyl (C=O) groups excluding carboxylic acids is 1. The van der Waals surface area contributed by atoms with Crippen LogP contribution < -0.4 is 19.8 Å². The summed E-state index contributed by atoms with van der Waals surface area (Å²) in [6.07, 6.45) is 0. The molecule has 0 aliphatic heterocycles. The molecule has 0 bridgehead atoms. The Balaban J connectivity index is 1.57. The lowest BCUT2D eigenvalue weighted by Gasteiger charge is -2.12. The van der Waals surface area contributed by atoms with Gasteiger partial charge in [0.05, 0.1) is 31.0 Å². The highest BCUT2D eigenvalue weighted by Gasteiger charge is 2.17. The van der Waals surface area contributed by atoms with E-state index in [0.29, 0.717) is 39.2 Å². The summed E-state index contributed by atoms with van der Waals surface area (Å²) in [5, 5.41) is 1.38. The molecule has 168 valence electrons. The number of hydrogen-bond acceptors (Lipinski definition) is 7. The van der Waals surface area contributed by atoms with Gasteiger partial charge in [-0.3, -0.25) is 0 Å². The molecule has 3 aromatic carbocycles. The lowest BCUT2D eigenvalue weighted by molar-refractivity contribution is 0.0737. The SMILES string of the molecule is COc1ccc(-c2cc(C(=O)Oc3ccc4ccc(=O)oc4c3)c3ccccc3n2)cc1OC. The van der Waals surface area contributed by atoms with Gasteiger partial charge in [-0.05, 0) is 48.5 Å². The Morgan fingerprint density at radius 2 is 1.65 bits per heavy atom. The average molecular weight is 453 g/mol. The Kier molecular flexibility index (Phi) is 5.43. The van der Waals surface area contributed by atoms with Crippen LogP contribution in [0.25, 0.3) is 33.1 Å². The van der Waals surface area contributed by atoms with Crippen molar-refractivity contribution in [2.24, 2.45) is 0 Å². The van der Waals surface area contributed by atoms with E-state index < -0.39 is 11.6 Å². The maximum atomic E-state index is 13.3. The number of methoxy groups -OCH3 is 2. The van der Waals surface area contributed by atoms with Gasteiger partial charge in [-0.15, -0.1) is 0 Å². The maximum Gasteiger partial charge on any atom is 0.344 e. The molecule has 0 saturated carbocycles. The van der Waals surface area contributed by atoms with E-state index >= 15 is 0 Å². The Morgan fingerprint density at radius 1 is 0.853 bits per heavy atom. The molecule has 0 spiro atoms. The molecule has 7 nitrogen and oxygen atoms in total. The van der Waals surface area contributed by atoms with Gasteiger partial charge in [-0.2, -0.15) is 0 Å². The van der Waals surface area contributed by atoms with Gasteiger partial charge in [0.25, 0.3) is 0 Å². The van der Waals surface area contributed by atoms with Crippen molar-refractivity contribution in [3.63, 3.8) is 0 Å². The third kappa shape index (κ3) is 3.95. The van der Waals surface area contributed by atoms with Crippen LogP contribution in [0, 0.1) is 0 Å². The van der Waals surface area contributed by atoms with Gasteiger partial charge in [0.2, 0.25) is 0 Å². The molecule has 0 aliphatic rings. The van der Waals surface area contributed by atoms with Crippen LogP contribution in [-0.2, 0) is 0 Å². The molecule has 0 unspecified atom stereocenters. The van der Waals surface area contributed by atoms with E-state index in [1.807, 2.05) is 30.3 Å². The van der Waals surface area contributed by atoms with Crippen LogP contribution in [0.15, 0.2) is 88.1 Å². The quantitative estimate of drug-likeness (QED) is 0.204. The van der Waals surface area contributed by atoms with Crippen molar-refractivity contribution in [1.82, 2.24) is 4.98 Å². The van der Waals surface area contributed by atoms with Crippen LogP contribution in [0.3, 0.4) is 0 Å². The Morgan fingerprint density at radius 3 is 2.47 bits per heavy atom. The standard InChI is InChI=1S/C27H19NO6/c1-31-23-11-8-17(13-25(23)32-2)22-15-20(19-5-3-4-6-21(19)28-22)27(30)33-18-10-7-16-9-12-26(29)34-24(16)14-18/h3-15H,1-2H3. The number of esters is 1. The molecule has 2 heterocycles. The van der Waals surface area contributed by atoms with Crippen LogP contribution in [0.1, 0.15) is 10.4 Å². The molecule has 5 rings (SSSR count). The van der Waals surface area contributed by atoms with Crippen LogP contribution in [0.4, 0.5) is 0 Å². The highest BCUT2D eigenvalue weighted by Crippen LogP contribution is 2.33. The summed E-state index contributed by atoms with van der Waals surface area (Å²) >= 11 is 0. The molecule has 2 aromatic heterocycles. The zero-order valence-corrected chi connectivity index (χ0v) is 18.4. The molecule has 0 aliphatic carbocycles. The molecular formula is C27H19NO6. The second-order valence-electron chi connectivity index (χ2n) is 7.49. The smallest absolute Gasteiger partial charge is 0.344 e. The van der Waals surface area contributed by atoms with Gasteiger partial charge in [0, 0.05) is 28.5 Å². The molecule has 0 fully saturated rings. The third-order valence-corrected chi connectivity index (χ3v) is 5.42. The number of para-hydroxylation sites is 1. The summed E-state index contributed by atoms with van der Waals surface area (Å²) in [4.78, 5) is 29.5. The fourth-order valence-electron chi connectivity index (χ4n) is 3.75. The van der Waals surface area contributed by atoms with Crippen molar-refractivity contribution >= 4 is 27.8 Å². The van der Waals surface area contributed by atoms with Gasteiger partial charge in [-0.1, -0.05) is 18.2 Å². The van der Waals surface area contributed by atoms with Gasteiger partial charge < -0.3 is 18.6 Å². The molecule has 0 N–H and O–H groups in total. The number of nitrogens with zero attached hydrogens (tertiary/aromatic N) is 1. The first kappa shape index (κ1) is 21.2. The maximum absolute atomic E-state index is 13.3. The summed E-state index contributed by atoms with van der Waals surface area (Å²) in [6.45, 7) is 0. The van der Waals surface area contributed by atoms with E-state index in [2.05, 4.69) is 0 Å². The fourth-order valence-corrected chi connectivity index (χ4v) is 3.75. The second-order valence-corrected chi connectivity index (χ2v) is 7.49. The number of fused-ring (bicyclic) bond motifs is 2. The number of rotatable bonds is 5. The number of hydrogen-bond donors (Lipinski definition) is 0. The average Bonchev–Trinajstić information content (AvgIpc) is 2.87. The van der Waals surface area contributed by atoms with Gasteiger partial charge in [0.1, 0.15) is 11.3 Å². The lowest BCUT2D eigenvalue weighted by Crippen LogP contribution is -2.10. The van der Waals surface area contributed by atoms with Crippen LogP contribution in [-0.4, -0.2) is 25.2 Å².